The van der Waals surface area contributed by atoms with Crippen LogP contribution in [0.4, 0.5) is 16.3 Å². The number of hydrogen-bond donors (Lipinski definition) is 1. The average Bonchev–Trinajstić information content (AvgIpc) is 3.34. The van der Waals surface area contributed by atoms with Gasteiger partial charge in [0.15, 0.2) is 11.5 Å². The predicted molar refractivity (Wildman–Crippen MR) is 113 cm³/mol. The lowest BCUT2D eigenvalue weighted by molar-refractivity contribution is 0.0303. The molecule has 30 heavy (non-hydrogen) atoms. The van der Waals surface area contributed by atoms with Crippen LogP contribution in [-0.2, 0) is 11.3 Å². The number of fused-ring (bicyclic) bond motifs is 3. The molecule has 0 aliphatic carbocycles. The Balaban J connectivity index is 1.58. The summed E-state index contributed by atoms with van der Waals surface area (Å²) in [7, 11) is 1.52. The summed E-state index contributed by atoms with van der Waals surface area (Å²) in [5.74, 6) is 1.50. The zero-order chi connectivity index (χ0) is 20.8. The van der Waals surface area contributed by atoms with E-state index < -0.39 is 6.09 Å². The minimum Gasteiger partial charge on any atom is -0.465 e. The van der Waals surface area contributed by atoms with E-state index in [9.17, 15) is 9.90 Å². The minimum atomic E-state index is -1.00. The number of carboxylic acid groups (broad SMARTS) is 1. The third-order valence-corrected chi connectivity index (χ3v) is 5.92. The molecule has 1 amide bonds. The molecule has 2 aromatic heterocycles. The van der Waals surface area contributed by atoms with Crippen molar-refractivity contribution in [2.45, 2.75) is 38.5 Å². The fraction of sp³-hybridized carbons (Fsp3) is 0.429. The molecule has 2 unspecified atom stereocenters. The van der Waals surface area contributed by atoms with Crippen LogP contribution in [0.1, 0.15) is 19.8 Å². The molecule has 0 spiro atoms. The normalized spacial score (nSPS) is 20.7. The van der Waals surface area contributed by atoms with Gasteiger partial charge in [-0.05, 0) is 44.0 Å². The van der Waals surface area contributed by atoms with Crippen LogP contribution in [0, 0.1) is 0 Å². The second-order valence-electron chi connectivity index (χ2n) is 7.82. The Morgan fingerprint density at radius 2 is 1.90 bits per heavy atom. The van der Waals surface area contributed by atoms with E-state index in [-0.39, 0.29) is 12.2 Å². The van der Waals surface area contributed by atoms with Gasteiger partial charge in [-0.2, -0.15) is 5.10 Å². The Hall–Kier alpha value is -3.20. The van der Waals surface area contributed by atoms with Crippen molar-refractivity contribution in [1.29, 1.82) is 0 Å². The summed E-state index contributed by atoms with van der Waals surface area (Å²) in [6, 6.07) is 7.25. The average molecular weight is 408 g/mol. The first kappa shape index (κ1) is 18.8. The van der Waals surface area contributed by atoms with E-state index in [2.05, 4.69) is 10.00 Å². The van der Waals surface area contributed by atoms with Crippen molar-refractivity contribution in [3.8, 4) is 11.4 Å². The maximum absolute atomic E-state index is 11.2. The summed E-state index contributed by atoms with van der Waals surface area (Å²) in [5, 5.41) is 14.6. The van der Waals surface area contributed by atoms with Gasteiger partial charge in [-0.3, -0.25) is 4.90 Å². The van der Waals surface area contributed by atoms with E-state index >= 15 is 0 Å². The first-order valence-electron chi connectivity index (χ1n) is 10.2. The molecule has 9 heteroatoms. The number of anilines is 2. The Bertz CT molecular complexity index is 1080. The van der Waals surface area contributed by atoms with Gasteiger partial charge in [0, 0.05) is 37.9 Å². The number of hydrogen-bond acceptors (Lipinski definition) is 6. The van der Waals surface area contributed by atoms with Crippen LogP contribution >= 0.6 is 0 Å². The summed E-state index contributed by atoms with van der Waals surface area (Å²) < 4.78 is 7.88. The summed E-state index contributed by atoms with van der Waals surface area (Å²) >= 11 is 0. The Labute approximate surface area is 173 Å². The molecule has 156 valence electrons. The number of aromatic nitrogens is 4. The lowest BCUT2D eigenvalue weighted by Crippen LogP contribution is -2.43. The molecule has 0 saturated carbocycles. The van der Waals surface area contributed by atoms with Crippen molar-refractivity contribution >= 4 is 28.6 Å². The summed E-state index contributed by atoms with van der Waals surface area (Å²) in [4.78, 5) is 24.4. The first-order chi connectivity index (χ1) is 14.5. The van der Waals surface area contributed by atoms with Crippen molar-refractivity contribution in [2.75, 3.05) is 29.9 Å². The Morgan fingerprint density at radius 3 is 2.53 bits per heavy atom. The minimum absolute atomic E-state index is 0.254. The zero-order valence-corrected chi connectivity index (χ0v) is 17.0. The van der Waals surface area contributed by atoms with Gasteiger partial charge in [0.05, 0.1) is 23.8 Å². The summed E-state index contributed by atoms with van der Waals surface area (Å²) in [5.41, 5.74) is 2.24. The van der Waals surface area contributed by atoms with E-state index in [1.54, 1.807) is 12.1 Å². The second-order valence-corrected chi connectivity index (χ2v) is 7.82. The molecule has 2 saturated heterocycles. The van der Waals surface area contributed by atoms with Crippen LogP contribution < -0.4 is 9.80 Å². The molecule has 5 rings (SSSR count). The zero-order valence-electron chi connectivity index (χ0n) is 17.0. The number of rotatable bonds is 4. The number of aryl methyl sites for hydroxylation is 1. The quantitative estimate of drug-likeness (QED) is 0.709. The van der Waals surface area contributed by atoms with Crippen molar-refractivity contribution in [3.63, 3.8) is 0 Å². The molecular formula is C21H24N6O3. The van der Waals surface area contributed by atoms with E-state index in [0.717, 1.165) is 54.9 Å². The third kappa shape index (κ3) is 3.15. The molecule has 1 aromatic carbocycles. The molecule has 4 heterocycles. The van der Waals surface area contributed by atoms with Gasteiger partial charge in [0.25, 0.3) is 0 Å². The van der Waals surface area contributed by atoms with Crippen molar-refractivity contribution in [2.24, 2.45) is 0 Å². The molecule has 9 nitrogen and oxygen atoms in total. The van der Waals surface area contributed by atoms with E-state index in [0.29, 0.717) is 11.5 Å². The van der Waals surface area contributed by atoms with Gasteiger partial charge in [-0.25, -0.2) is 19.4 Å². The van der Waals surface area contributed by atoms with Crippen LogP contribution in [0.25, 0.3) is 22.4 Å². The maximum Gasteiger partial charge on any atom is 0.411 e. The standard InChI is InChI=1S/C21H24N6O3/c1-3-27-20-17(10-22-27)19(26-11-15-8-9-16(12-26)30-15)23-18(24-20)13-4-6-14(7-5-13)25(2)21(28)29/h4-7,10,15-16H,3,8-9,11-12H2,1-2H3,(H,28,29). The van der Waals surface area contributed by atoms with E-state index in [4.69, 9.17) is 14.7 Å². The number of amides is 1. The van der Waals surface area contributed by atoms with Crippen LogP contribution in [0.15, 0.2) is 30.5 Å². The molecule has 2 aliphatic heterocycles. The van der Waals surface area contributed by atoms with Crippen molar-refractivity contribution in [1.82, 2.24) is 19.7 Å². The van der Waals surface area contributed by atoms with E-state index in [1.165, 1.54) is 11.9 Å². The molecule has 2 bridgehead atoms. The molecule has 2 aliphatic rings. The second kappa shape index (κ2) is 7.24. The van der Waals surface area contributed by atoms with Crippen LogP contribution in [0.5, 0.6) is 0 Å². The van der Waals surface area contributed by atoms with Crippen LogP contribution in [-0.4, -0.2) is 63.3 Å². The highest BCUT2D eigenvalue weighted by atomic mass is 16.5. The molecule has 3 aromatic rings. The highest BCUT2D eigenvalue weighted by molar-refractivity contribution is 5.89. The lowest BCUT2D eigenvalue weighted by Gasteiger charge is -2.33. The largest absolute Gasteiger partial charge is 0.465 e. The van der Waals surface area contributed by atoms with Gasteiger partial charge < -0.3 is 14.7 Å². The van der Waals surface area contributed by atoms with Crippen LogP contribution in [0.2, 0.25) is 0 Å². The SMILES string of the molecule is CCn1ncc2c(N3CC4CCC(C3)O4)nc(-c3ccc(N(C)C(=O)O)cc3)nc21. The van der Waals surface area contributed by atoms with E-state index in [1.807, 2.05) is 29.9 Å². The molecule has 1 N–H and O–H groups in total. The van der Waals surface area contributed by atoms with Gasteiger partial charge in [-0.15, -0.1) is 0 Å². The van der Waals surface area contributed by atoms with Gasteiger partial charge in [0.2, 0.25) is 0 Å². The molecular weight excluding hydrogens is 384 g/mol. The van der Waals surface area contributed by atoms with Crippen LogP contribution in [0.3, 0.4) is 0 Å². The fourth-order valence-electron chi connectivity index (χ4n) is 4.27. The highest BCUT2D eigenvalue weighted by Crippen LogP contribution is 2.33. The fourth-order valence-corrected chi connectivity index (χ4v) is 4.27. The molecule has 0 radical (unpaired) electrons. The number of carbonyl (C=O) groups is 1. The van der Waals surface area contributed by atoms with Crippen molar-refractivity contribution in [3.05, 3.63) is 30.5 Å². The first-order valence-corrected chi connectivity index (χ1v) is 10.2. The Morgan fingerprint density at radius 1 is 1.20 bits per heavy atom. The van der Waals surface area contributed by atoms with Crippen molar-refractivity contribution < 1.29 is 14.6 Å². The van der Waals surface area contributed by atoms with Gasteiger partial charge in [0.1, 0.15) is 5.82 Å². The smallest absolute Gasteiger partial charge is 0.411 e. The summed E-state index contributed by atoms with van der Waals surface area (Å²) in [6.07, 6.45) is 3.54. The lowest BCUT2D eigenvalue weighted by atomic mass is 10.1. The number of ether oxygens (including phenoxy) is 1. The third-order valence-electron chi connectivity index (χ3n) is 5.92. The molecule has 2 fully saturated rings. The number of morpholine rings is 1. The van der Waals surface area contributed by atoms with Gasteiger partial charge in [-0.1, -0.05) is 0 Å². The maximum atomic E-state index is 11.2. The monoisotopic (exact) mass is 408 g/mol. The summed E-state index contributed by atoms with van der Waals surface area (Å²) in [6.45, 7) is 4.40. The molecule has 2 atom stereocenters. The number of nitrogens with zero attached hydrogens (tertiary/aromatic N) is 6. The number of benzene rings is 1. The van der Waals surface area contributed by atoms with Gasteiger partial charge >= 0.3 is 6.09 Å². The topological polar surface area (TPSA) is 96.6 Å². The highest BCUT2D eigenvalue weighted by Gasteiger charge is 2.35. The Kier molecular flexibility index (Phi) is 4.54. The predicted octanol–water partition coefficient (Wildman–Crippen LogP) is 3.00.